The number of aromatic nitrogens is 2. The number of nitrogens with one attached hydrogen (secondary N) is 1. The minimum Gasteiger partial charge on any atom is -0.325 e. The number of nitrogens with zero attached hydrogens (tertiary/aromatic N) is 2. The third-order valence-electron chi connectivity index (χ3n) is 4.17. The molecule has 2 aromatic carbocycles. The van der Waals surface area contributed by atoms with Crippen LogP contribution in [0.5, 0.6) is 0 Å². The Labute approximate surface area is 165 Å². The van der Waals surface area contributed by atoms with E-state index in [-0.39, 0.29) is 18.0 Å². The summed E-state index contributed by atoms with van der Waals surface area (Å²) in [6.45, 7) is 1.47. The smallest absolute Gasteiger partial charge is 0.272 e. The van der Waals surface area contributed by atoms with E-state index >= 15 is 0 Å². The fraction of sp³-hybridized carbons (Fsp3) is 0.105. The second-order valence-electron chi connectivity index (χ2n) is 6.00. The maximum atomic E-state index is 14.2. The van der Waals surface area contributed by atoms with E-state index in [1.54, 1.807) is 31.2 Å². The van der Waals surface area contributed by atoms with Crippen molar-refractivity contribution in [1.29, 1.82) is 0 Å². The van der Waals surface area contributed by atoms with Gasteiger partial charge in [0.1, 0.15) is 22.9 Å². The highest BCUT2D eigenvalue weighted by Gasteiger charge is 2.17. The van der Waals surface area contributed by atoms with Crippen LogP contribution in [0.2, 0.25) is 0 Å². The number of thiophene rings is 1. The van der Waals surface area contributed by atoms with Crippen molar-refractivity contribution in [2.24, 2.45) is 0 Å². The Bertz CT molecular complexity index is 1250. The van der Waals surface area contributed by atoms with Crippen LogP contribution in [-0.4, -0.2) is 15.5 Å². The lowest BCUT2D eigenvalue weighted by Gasteiger charge is -2.10. The number of amides is 1. The van der Waals surface area contributed by atoms with E-state index in [0.29, 0.717) is 31.8 Å². The third kappa shape index (κ3) is 3.26. The van der Waals surface area contributed by atoms with E-state index in [4.69, 9.17) is 0 Å². The summed E-state index contributed by atoms with van der Waals surface area (Å²) in [4.78, 5) is 29.7. The van der Waals surface area contributed by atoms with Crippen molar-refractivity contribution in [3.63, 3.8) is 0 Å². The molecule has 4 rings (SSSR count). The Morgan fingerprint density at radius 1 is 1.26 bits per heavy atom. The zero-order valence-corrected chi connectivity index (χ0v) is 16.5. The van der Waals surface area contributed by atoms with E-state index in [1.807, 2.05) is 12.1 Å². The highest BCUT2D eigenvalue weighted by molar-refractivity contribution is 9.10. The van der Waals surface area contributed by atoms with Gasteiger partial charge >= 0.3 is 0 Å². The molecule has 1 N–H and O–H groups in total. The molecule has 0 saturated heterocycles. The average molecular weight is 446 g/mol. The van der Waals surface area contributed by atoms with Crippen LogP contribution in [0.15, 0.2) is 51.7 Å². The molecule has 0 fully saturated rings. The van der Waals surface area contributed by atoms with Crippen molar-refractivity contribution in [3.05, 3.63) is 68.9 Å². The molecule has 0 radical (unpaired) electrons. The van der Waals surface area contributed by atoms with Gasteiger partial charge in [0, 0.05) is 14.9 Å². The molecule has 0 unspecified atom stereocenters. The van der Waals surface area contributed by atoms with Gasteiger partial charge in [-0.3, -0.25) is 14.2 Å². The molecule has 5 nitrogen and oxygen atoms in total. The lowest BCUT2D eigenvalue weighted by molar-refractivity contribution is -0.116. The number of fused-ring (bicyclic) bond motifs is 3. The Kier molecular flexibility index (Phi) is 4.53. The van der Waals surface area contributed by atoms with E-state index in [0.717, 1.165) is 4.47 Å². The Hall–Kier alpha value is -2.58. The van der Waals surface area contributed by atoms with Crippen molar-refractivity contribution in [1.82, 2.24) is 9.55 Å². The molecule has 136 valence electrons. The van der Waals surface area contributed by atoms with Crippen LogP contribution in [0.3, 0.4) is 0 Å². The molecule has 0 aliphatic rings. The van der Waals surface area contributed by atoms with Crippen LogP contribution in [0.1, 0.15) is 5.82 Å². The first-order valence-corrected chi connectivity index (χ1v) is 9.68. The number of benzene rings is 2. The maximum absolute atomic E-state index is 14.2. The van der Waals surface area contributed by atoms with Gasteiger partial charge in [-0.15, -0.1) is 11.3 Å². The van der Waals surface area contributed by atoms with Gasteiger partial charge < -0.3 is 5.32 Å². The summed E-state index contributed by atoms with van der Waals surface area (Å²) in [5.41, 5.74) is 0.635. The van der Waals surface area contributed by atoms with E-state index in [2.05, 4.69) is 26.2 Å². The van der Waals surface area contributed by atoms with Gasteiger partial charge in [0.05, 0.1) is 10.9 Å². The quantitative estimate of drug-likeness (QED) is 0.506. The molecule has 0 aliphatic carbocycles. The van der Waals surface area contributed by atoms with Gasteiger partial charge in [0.15, 0.2) is 0 Å². The minimum absolute atomic E-state index is 0.166. The molecule has 0 bridgehead atoms. The number of hydrogen-bond donors (Lipinski definition) is 1. The Morgan fingerprint density at radius 3 is 2.74 bits per heavy atom. The molecule has 0 saturated carbocycles. The fourth-order valence-corrected chi connectivity index (χ4v) is 4.27. The zero-order chi connectivity index (χ0) is 19.1. The first-order chi connectivity index (χ1) is 12.9. The van der Waals surface area contributed by atoms with Gasteiger partial charge in [0.2, 0.25) is 5.91 Å². The van der Waals surface area contributed by atoms with Crippen LogP contribution in [0.25, 0.3) is 20.3 Å². The van der Waals surface area contributed by atoms with Crippen molar-refractivity contribution in [2.75, 3.05) is 5.32 Å². The number of aryl methyl sites for hydroxylation is 1. The first kappa shape index (κ1) is 17.8. The first-order valence-electron chi connectivity index (χ1n) is 8.07. The van der Waals surface area contributed by atoms with Gasteiger partial charge in [-0.05, 0) is 43.3 Å². The summed E-state index contributed by atoms with van der Waals surface area (Å²) in [5, 5.41) is 3.10. The van der Waals surface area contributed by atoms with E-state index in [1.165, 1.54) is 22.0 Å². The second kappa shape index (κ2) is 6.86. The Morgan fingerprint density at radius 2 is 2.00 bits per heavy atom. The molecule has 27 heavy (non-hydrogen) atoms. The van der Waals surface area contributed by atoms with Crippen LogP contribution in [0, 0.1) is 12.7 Å². The topological polar surface area (TPSA) is 64.0 Å². The Balaban J connectivity index is 1.72. The summed E-state index contributed by atoms with van der Waals surface area (Å²) in [6, 6.07) is 11.8. The predicted octanol–water partition coefficient (Wildman–Crippen LogP) is 4.46. The van der Waals surface area contributed by atoms with E-state index in [9.17, 15) is 14.0 Å². The molecule has 1 amide bonds. The average Bonchev–Trinajstić information content (AvgIpc) is 3.00. The normalized spacial score (nSPS) is 11.2. The predicted molar refractivity (Wildman–Crippen MR) is 109 cm³/mol. The van der Waals surface area contributed by atoms with Crippen molar-refractivity contribution < 1.29 is 9.18 Å². The van der Waals surface area contributed by atoms with Gasteiger partial charge in [-0.25, -0.2) is 9.37 Å². The molecule has 8 heteroatoms. The molecule has 0 spiro atoms. The van der Waals surface area contributed by atoms with E-state index < -0.39 is 5.82 Å². The standard InChI is InChI=1S/C19H13BrFN3O2S/c1-10-22-17-16-13(21)3-2-4-14(16)27-18(17)19(26)24(10)9-15(25)23-12-7-5-11(20)6-8-12/h2-8H,9H2,1H3,(H,23,25). The second-order valence-corrected chi connectivity index (χ2v) is 7.97. The number of hydrogen-bond acceptors (Lipinski definition) is 4. The lowest BCUT2D eigenvalue weighted by Crippen LogP contribution is -2.29. The highest BCUT2D eigenvalue weighted by Crippen LogP contribution is 2.32. The number of halogens is 2. The summed E-state index contributed by atoms with van der Waals surface area (Å²) in [5.74, 6) is -0.381. The van der Waals surface area contributed by atoms with Crippen LogP contribution < -0.4 is 10.9 Å². The zero-order valence-electron chi connectivity index (χ0n) is 14.1. The lowest BCUT2D eigenvalue weighted by atomic mass is 10.2. The summed E-state index contributed by atoms with van der Waals surface area (Å²) < 4.78 is 17.4. The molecule has 0 atom stereocenters. The largest absolute Gasteiger partial charge is 0.325 e. The minimum atomic E-state index is -0.407. The molecule has 2 heterocycles. The third-order valence-corrected chi connectivity index (χ3v) is 5.83. The highest BCUT2D eigenvalue weighted by atomic mass is 79.9. The monoisotopic (exact) mass is 445 g/mol. The van der Waals surface area contributed by atoms with Crippen molar-refractivity contribution in [2.45, 2.75) is 13.5 Å². The van der Waals surface area contributed by atoms with Gasteiger partial charge in [0.25, 0.3) is 5.56 Å². The summed E-state index contributed by atoms with van der Waals surface area (Å²) in [6.07, 6.45) is 0. The SMILES string of the molecule is Cc1nc2c(sc3cccc(F)c32)c(=O)n1CC(=O)Nc1ccc(Br)cc1. The van der Waals surface area contributed by atoms with Crippen molar-refractivity contribution in [3.8, 4) is 0 Å². The van der Waals surface area contributed by atoms with Crippen LogP contribution >= 0.6 is 27.3 Å². The number of anilines is 1. The molecule has 0 aliphatic heterocycles. The van der Waals surface area contributed by atoms with Gasteiger partial charge in [-0.1, -0.05) is 22.0 Å². The molecular weight excluding hydrogens is 433 g/mol. The molecule has 4 aromatic rings. The van der Waals surface area contributed by atoms with Crippen LogP contribution in [-0.2, 0) is 11.3 Å². The molecule has 2 aromatic heterocycles. The number of rotatable bonds is 3. The summed E-state index contributed by atoms with van der Waals surface area (Å²) in [7, 11) is 0. The number of carbonyl (C=O) groups excluding carboxylic acids is 1. The van der Waals surface area contributed by atoms with Gasteiger partial charge in [-0.2, -0.15) is 0 Å². The maximum Gasteiger partial charge on any atom is 0.272 e. The van der Waals surface area contributed by atoms with Crippen molar-refractivity contribution >= 4 is 59.2 Å². The van der Waals surface area contributed by atoms with Crippen LogP contribution in [0.4, 0.5) is 10.1 Å². The fourth-order valence-electron chi connectivity index (χ4n) is 2.90. The molecular formula is C19H13BrFN3O2S. The summed E-state index contributed by atoms with van der Waals surface area (Å²) >= 11 is 4.52. The number of carbonyl (C=O) groups is 1.